The Morgan fingerprint density at radius 3 is 2.00 bits per heavy atom. The predicted molar refractivity (Wildman–Crippen MR) is 136 cm³/mol. The van der Waals surface area contributed by atoms with Crippen molar-refractivity contribution in [2.24, 2.45) is 0 Å². The van der Waals surface area contributed by atoms with Gasteiger partial charge in [0.05, 0.1) is 46.7 Å². The Labute approximate surface area is 222 Å². The number of ether oxygens (including phenoxy) is 3. The Balaban J connectivity index is 2.03. The molecule has 4 rings (SSSR count). The van der Waals surface area contributed by atoms with Crippen LogP contribution in [0.1, 0.15) is 55.2 Å². The molecule has 1 unspecified atom stereocenters. The van der Waals surface area contributed by atoms with Crippen LogP contribution in [-0.2, 0) is 26.0 Å². The summed E-state index contributed by atoms with van der Waals surface area (Å²) in [5, 5.41) is 30.0. The van der Waals surface area contributed by atoms with Crippen molar-refractivity contribution in [3.8, 4) is 17.2 Å². The van der Waals surface area contributed by atoms with E-state index in [-0.39, 0.29) is 16.9 Å². The largest absolute Gasteiger partial charge is 0.496 e. The average Bonchev–Trinajstić information content (AvgIpc) is 3.21. The van der Waals surface area contributed by atoms with Crippen molar-refractivity contribution in [1.29, 1.82) is 0 Å². The van der Waals surface area contributed by atoms with Crippen LogP contribution >= 0.6 is 0 Å². The molecule has 206 valence electrons. The molecule has 0 bridgehead atoms. The molecule has 7 nitrogen and oxygen atoms in total. The van der Waals surface area contributed by atoms with Crippen LogP contribution in [0.2, 0.25) is 0 Å². The SMILES string of the molecule is COc1cc(C2C(=Cc3ccc(C(F)(F)F)cc3)C(=O)c3cc(CO)c(CO)c(OC)c32)cc(CO)c1OC. The summed E-state index contributed by atoms with van der Waals surface area (Å²) in [6.07, 6.45) is -3.01. The predicted octanol–water partition coefficient (Wildman–Crippen LogP) is 4.62. The number of hydrogen-bond donors (Lipinski definition) is 3. The Kier molecular flexibility index (Phi) is 8.01. The normalized spacial score (nSPS) is 16.0. The summed E-state index contributed by atoms with van der Waals surface area (Å²) < 4.78 is 55.9. The van der Waals surface area contributed by atoms with E-state index in [4.69, 9.17) is 14.2 Å². The van der Waals surface area contributed by atoms with E-state index in [2.05, 4.69) is 0 Å². The molecule has 39 heavy (non-hydrogen) atoms. The third-order valence-corrected chi connectivity index (χ3v) is 6.80. The molecule has 1 aliphatic carbocycles. The van der Waals surface area contributed by atoms with Gasteiger partial charge in [-0.2, -0.15) is 13.2 Å². The van der Waals surface area contributed by atoms with Gasteiger partial charge < -0.3 is 29.5 Å². The average molecular weight is 545 g/mol. The number of rotatable bonds is 8. The fourth-order valence-electron chi connectivity index (χ4n) is 5.03. The fraction of sp³-hybridized carbons (Fsp3) is 0.276. The van der Waals surface area contributed by atoms with Gasteiger partial charge in [-0.15, -0.1) is 0 Å². The summed E-state index contributed by atoms with van der Waals surface area (Å²) in [6.45, 7) is -1.33. The Morgan fingerprint density at radius 2 is 1.49 bits per heavy atom. The van der Waals surface area contributed by atoms with Gasteiger partial charge in [-0.25, -0.2) is 0 Å². The number of carbonyl (C=O) groups is 1. The van der Waals surface area contributed by atoms with Crippen molar-refractivity contribution in [2.45, 2.75) is 31.9 Å². The van der Waals surface area contributed by atoms with Crippen LogP contribution in [-0.4, -0.2) is 42.4 Å². The second kappa shape index (κ2) is 11.1. The van der Waals surface area contributed by atoms with Gasteiger partial charge in [0.1, 0.15) is 5.75 Å². The van der Waals surface area contributed by atoms with Crippen molar-refractivity contribution in [2.75, 3.05) is 21.3 Å². The van der Waals surface area contributed by atoms with E-state index in [9.17, 15) is 33.3 Å². The highest BCUT2D eigenvalue weighted by Gasteiger charge is 2.40. The third-order valence-electron chi connectivity index (χ3n) is 6.80. The number of allylic oxidation sites excluding steroid dienone is 1. The number of hydrogen-bond acceptors (Lipinski definition) is 7. The lowest BCUT2D eigenvalue weighted by Crippen LogP contribution is -2.08. The lowest BCUT2D eigenvalue weighted by atomic mass is 9.85. The minimum atomic E-state index is -4.51. The first-order valence-corrected chi connectivity index (χ1v) is 11.9. The summed E-state index contributed by atoms with van der Waals surface area (Å²) >= 11 is 0. The van der Waals surface area contributed by atoms with Crippen molar-refractivity contribution in [3.05, 3.63) is 92.5 Å². The molecule has 0 saturated heterocycles. The first kappa shape index (κ1) is 28.2. The van der Waals surface area contributed by atoms with E-state index in [1.54, 1.807) is 12.1 Å². The number of benzene rings is 3. The quantitative estimate of drug-likeness (QED) is 0.356. The number of alkyl halides is 3. The van der Waals surface area contributed by atoms with Gasteiger partial charge in [-0.3, -0.25) is 4.79 Å². The molecule has 1 atom stereocenters. The molecule has 0 amide bonds. The lowest BCUT2D eigenvalue weighted by Gasteiger charge is -2.22. The maximum absolute atomic E-state index is 13.8. The van der Waals surface area contributed by atoms with Crippen LogP contribution in [0.15, 0.2) is 48.0 Å². The lowest BCUT2D eigenvalue weighted by molar-refractivity contribution is -0.137. The number of aliphatic hydroxyl groups is 3. The number of carbonyl (C=O) groups excluding carboxylic acids is 1. The Bertz CT molecular complexity index is 1400. The maximum atomic E-state index is 13.8. The highest BCUT2D eigenvalue weighted by atomic mass is 19.4. The van der Waals surface area contributed by atoms with Crippen molar-refractivity contribution in [1.82, 2.24) is 0 Å². The molecular weight excluding hydrogens is 517 g/mol. The Morgan fingerprint density at radius 1 is 0.846 bits per heavy atom. The molecule has 0 aromatic heterocycles. The molecule has 3 aromatic rings. The zero-order valence-electron chi connectivity index (χ0n) is 21.4. The minimum Gasteiger partial charge on any atom is -0.496 e. The van der Waals surface area contributed by atoms with E-state index in [1.165, 1.54) is 45.6 Å². The van der Waals surface area contributed by atoms with Crippen LogP contribution in [0.25, 0.3) is 6.08 Å². The van der Waals surface area contributed by atoms with E-state index < -0.39 is 43.3 Å². The van der Waals surface area contributed by atoms with Gasteiger partial charge in [-0.05, 0) is 53.1 Å². The number of aliphatic hydroxyl groups excluding tert-OH is 3. The zero-order valence-corrected chi connectivity index (χ0v) is 21.4. The van der Waals surface area contributed by atoms with E-state index >= 15 is 0 Å². The van der Waals surface area contributed by atoms with Crippen molar-refractivity contribution >= 4 is 11.9 Å². The van der Waals surface area contributed by atoms with Crippen LogP contribution in [0.5, 0.6) is 17.2 Å². The molecule has 0 heterocycles. The molecule has 3 N–H and O–H groups in total. The van der Waals surface area contributed by atoms with Crippen molar-refractivity contribution in [3.63, 3.8) is 0 Å². The Hall–Kier alpha value is -3.86. The van der Waals surface area contributed by atoms with Crippen LogP contribution in [0.4, 0.5) is 13.2 Å². The molecule has 0 spiro atoms. The van der Waals surface area contributed by atoms with Gasteiger partial charge in [0, 0.05) is 33.7 Å². The summed E-state index contributed by atoms with van der Waals surface area (Å²) in [4.78, 5) is 13.8. The monoisotopic (exact) mass is 544 g/mol. The number of fused-ring (bicyclic) bond motifs is 1. The summed E-state index contributed by atoms with van der Waals surface area (Å²) in [5.41, 5.74) is 1.89. The highest BCUT2D eigenvalue weighted by molar-refractivity contribution is 6.18. The molecule has 3 aromatic carbocycles. The molecular formula is C29H27F3O7. The fourth-order valence-corrected chi connectivity index (χ4v) is 5.03. The standard InChI is InChI=1S/C29H27F3O7/c1-37-23-11-16(9-18(13-34)27(23)38-2)24-20(8-15-4-6-19(7-5-15)29(30,31)32)26(36)21-10-17(12-33)22(14-35)28(39-3)25(21)24/h4-11,24,33-35H,12-14H2,1-3H3. The molecule has 0 saturated carbocycles. The highest BCUT2D eigenvalue weighted by Crippen LogP contribution is 2.51. The molecule has 0 fully saturated rings. The number of methoxy groups -OCH3 is 3. The minimum absolute atomic E-state index is 0.202. The maximum Gasteiger partial charge on any atom is 0.416 e. The topological polar surface area (TPSA) is 105 Å². The van der Waals surface area contributed by atoms with E-state index in [0.717, 1.165) is 12.1 Å². The van der Waals surface area contributed by atoms with Gasteiger partial charge in [-0.1, -0.05) is 12.1 Å². The second-order valence-corrected chi connectivity index (χ2v) is 8.88. The second-order valence-electron chi connectivity index (χ2n) is 8.88. The van der Waals surface area contributed by atoms with Crippen LogP contribution in [0, 0.1) is 0 Å². The molecule has 1 aliphatic rings. The number of ketones is 1. The van der Waals surface area contributed by atoms with Gasteiger partial charge >= 0.3 is 6.18 Å². The summed E-state index contributed by atoms with van der Waals surface area (Å²) in [7, 11) is 4.23. The first-order valence-electron chi connectivity index (χ1n) is 11.9. The van der Waals surface area contributed by atoms with Gasteiger partial charge in [0.2, 0.25) is 0 Å². The van der Waals surface area contributed by atoms with Crippen LogP contribution < -0.4 is 14.2 Å². The number of Topliss-reactive ketones (excluding diaryl/α,β-unsaturated/α-hetero) is 1. The van der Waals surface area contributed by atoms with Crippen molar-refractivity contribution < 1.29 is 47.5 Å². The summed E-state index contributed by atoms with van der Waals surface area (Å²) in [6, 6.07) is 9.18. The third kappa shape index (κ3) is 4.98. The van der Waals surface area contributed by atoms with Gasteiger partial charge in [0.15, 0.2) is 17.3 Å². The van der Waals surface area contributed by atoms with E-state index in [0.29, 0.717) is 44.9 Å². The molecule has 10 heteroatoms. The van der Waals surface area contributed by atoms with E-state index in [1.807, 2.05) is 0 Å². The molecule has 0 aliphatic heterocycles. The zero-order chi connectivity index (χ0) is 28.5. The number of halogens is 3. The smallest absolute Gasteiger partial charge is 0.416 e. The summed E-state index contributed by atoms with van der Waals surface area (Å²) in [5.74, 6) is -0.434. The van der Waals surface area contributed by atoms with Crippen LogP contribution in [0.3, 0.4) is 0 Å². The first-order chi connectivity index (χ1) is 18.6. The molecule has 0 radical (unpaired) electrons. The van der Waals surface area contributed by atoms with Gasteiger partial charge in [0.25, 0.3) is 0 Å².